The van der Waals surface area contributed by atoms with E-state index in [0.29, 0.717) is 5.56 Å². The molecule has 0 heterocycles. The number of hydrogen-bond donors (Lipinski definition) is 1. The normalized spacial score (nSPS) is 12.5. The smallest absolute Gasteiger partial charge is 0.305 e. The van der Waals surface area contributed by atoms with Crippen molar-refractivity contribution in [3.8, 4) is 0 Å². The average Bonchev–Trinajstić information content (AvgIpc) is 2.04. The van der Waals surface area contributed by atoms with Crippen LogP contribution in [0.2, 0.25) is 0 Å². The quantitative estimate of drug-likeness (QED) is 0.564. The summed E-state index contributed by atoms with van der Waals surface area (Å²) in [5.41, 5.74) is -0.286. The zero-order chi connectivity index (χ0) is 10.0. The molecule has 0 unspecified atom stereocenters. The van der Waals surface area contributed by atoms with Crippen molar-refractivity contribution in [3.63, 3.8) is 0 Å². The SMILES string of the molecule is C[C@@H](O)c1ccc(F)c([N+](=O)[O-])c1. The summed E-state index contributed by atoms with van der Waals surface area (Å²) in [6, 6.07) is 3.31. The van der Waals surface area contributed by atoms with Crippen LogP contribution in [0.15, 0.2) is 18.2 Å². The highest BCUT2D eigenvalue weighted by molar-refractivity contribution is 5.36. The summed E-state index contributed by atoms with van der Waals surface area (Å²) in [7, 11) is 0. The van der Waals surface area contributed by atoms with Crippen molar-refractivity contribution < 1.29 is 14.4 Å². The second kappa shape index (κ2) is 3.49. The Morgan fingerprint density at radius 3 is 2.69 bits per heavy atom. The third-order valence-corrected chi connectivity index (χ3v) is 1.65. The molecule has 1 atom stereocenters. The van der Waals surface area contributed by atoms with Gasteiger partial charge in [0.1, 0.15) is 0 Å². The monoisotopic (exact) mass is 185 g/mol. The highest BCUT2D eigenvalue weighted by Gasteiger charge is 2.15. The molecule has 0 radical (unpaired) electrons. The van der Waals surface area contributed by atoms with Crippen molar-refractivity contribution in [3.05, 3.63) is 39.7 Å². The maximum Gasteiger partial charge on any atom is 0.305 e. The first-order valence-corrected chi connectivity index (χ1v) is 3.64. The molecule has 0 fully saturated rings. The maximum atomic E-state index is 12.8. The number of aliphatic hydroxyl groups is 1. The summed E-state index contributed by atoms with van der Waals surface area (Å²) in [5.74, 6) is -0.894. The number of rotatable bonds is 2. The van der Waals surface area contributed by atoms with Crippen molar-refractivity contribution in [1.29, 1.82) is 0 Å². The van der Waals surface area contributed by atoms with Gasteiger partial charge in [-0.15, -0.1) is 0 Å². The number of benzene rings is 1. The van der Waals surface area contributed by atoms with Crippen LogP contribution in [0.3, 0.4) is 0 Å². The van der Waals surface area contributed by atoms with Crippen molar-refractivity contribution >= 4 is 5.69 Å². The van der Waals surface area contributed by atoms with Crippen LogP contribution in [0.4, 0.5) is 10.1 Å². The fraction of sp³-hybridized carbons (Fsp3) is 0.250. The van der Waals surface area contributed by atoms with E-state index in [4.69, 9.17) is 5.11 Å². The van der Waals surface area contributed by atoms with E-state index >= 15 is 0 Å². The lowest BCUT2D eigenvalue weighted by Crippen LogP contribution is -1.96. The van der Waals surface area contributed by atoms with Crippen molar-refractivity contribution in [2.24, 2.45) is 0 Å². The zero-order valence-corrected chi connectivity index (χ0v) is 6.90. The fourth-order valence-electron chi connectivity index (χ4n) is 0.929. The minimum absolute atomic E-state index is 0.327. The Morgan fingerprint density at radius 1 is 1.62 bits per heavy atom. The number of halogens is 1. The minimum atomic E-state index is -0.894. The van der Waals surface area contributed by atoms with Gasteiger partial charge in [0.2, 0.25) is 5.82 Å². The molecule has 4 nitrogen and oxygen atoms in total. The Bertz CT molecular complexity index is 338. The molecule has 0 spiro atoms. The molecule has 0 aliphatic rings. The van der Waals surface area contributed by atoms with Crippen LogP contribution in [0.5, 0.6) is 0 Å². The molecule has 0 aliphatic heterocycles. The molecule has 0 aliphatic carbocycles. The van der Waals surface area contributed by atoms with Gasteiger partial charge in [-0.2, -0.15) is 4.39 Å². The molecule has 0 bridgehead atoms. The Labute approximate surface area is 73.8 Å². The van der Waals surface area contributed by atoms with Crippen LogP contribution in [0, 0.1) is 15.9 Å². The van der Waals surface area contributed by atoms with Gasteiger partial charge in [-0.1, -0.05) is 6.07 Å². The molecular weight excluding hydrogens is 177 g/mol. The average molecular weight is 185 g/mol. The summed E-state index contributed by atoms with van der Waals surface area (Å²) in [4.78, 5) is 9.46. The number of aliphatic hydroxyl groups excluding tert-OH is 1. The minimum Gasteiger partial charge on any atom is -0.389 e. The molecule has 13 heavy (non-hydrogen) atoms. The number of hydrogen-bond acceptors (Lipinski definition) is 3. The van der Waals surface area contributed by atoms with E-state index in [9.17, 15) is 14.5 Å². The molecule has 0 amide bonds. The van der Waals surface area contributed by atoms with Gasteiger partial charge in [-0.3, -0.25) is 10.1 Å². The maximum absolute atomic E-state index is 12.8. The number of nitro benzene ring substituents is 1. The number of nitro groups is 1. The van der Waals surface area contributed by atoms with Gasteiger partial charge in [-0.25, -0.2) is 0 Å². The highest BCUT2D eigenvalue weighted by Crippen LogP contribution is 2.22. The van der Waals surface area contributed by atoms with E-state index < -0.39 is 22.5 Å². The van der Waals surface area contributed by atoms with Crippen molar-refractivity contribution in [2.45, 2.75) is 13.0 Å². The molecule has 0 aromatic heterocycles. The third kappa shape index (κ3) is 2.00. The first kappa shape index (κ1) is 9.60. The standard InChI is InChI=1S/C8H8FNO3/c1-5(11)6-2-3-7(9)8(4-6)10(12)13/h2-5,11H,1H3/t5-/m1/s1. The van der Waals surface area contributed by atoms with Gasteiger partial charge < -0.3 is 5.11 Å². The Morgan fingerprint density at radius 2 is 2.23 bits per heavy atom. The van der Waals surface area contributed by atoms with Gasteiger partial charge in [0, 0.05) is 6.07 Å². The van der Waals surface area contributed by atoms with Crippen molar-refractivity contribution in [2.75, 3.05) is 0 Å². The predicted molar refractivity (Wildman–Crippen MR) is 43.7 cm³/mol. The van der Waals surface area contributed by atoms with Gasteiger partial charge >= 0.3 is 5.69 Å². The molecule has 0 saturated heterocycles. The molecule has 1 aromatic carbocycles. The molecule has 1 N–H and O–H groups in total. The lowest BCUT2D eigenvalue weighted by Gasteiger charge is -2.03. The van der Waals surface area contributed by atoms with Crippen LogP contribution >= 0.6 is 0 Å². The predicted octanol–water partition coefficient (Wildman–Crippen LogP) is 1.79. The largest absolute Gasteiger partial charge is 0.389 e. The number of nitrogens with zero attached hydrogens (tertiary/aromatic N) is 1. The molecule has 1 rings (SSSR count). The van der Waals surface area contributed by atoms with Crippen molar-refractivity contribution in [1.82, 2.24) is 0 Å². The second-order valence-corrected chi connectivity index (χ2v) is 2.64. The molecule has 5 heteroatoms. The van der Waals surface area contributed by atoms with Gasteiger partial charge in [0.05, 0.1) is 11.0 Å². The fourth-order valence-corrected chi connectivity index (χ4v) is 0.929. The van der Waals surface area contributed by atoms with Crippen LogP contribution in [-0.4, -0.2) is 10.0 Å². The van der Waals surface area contributed by atoms with E-state index in [0.717, 1.165) is 12.1 Å². The second-order valence-electron chi connectivity index (χ2n) is 2.64. The molecular formula is C8H8FNO3. The van der Waals surface area contributed by atoms with E-state index in [1.165, 1.54) is 13.0 Å². The summed E-state index contributed by atoms with van der Waals surface area (Å²) < 4.78 is 12.8. The topological polar surface area (TPSA) is 63.4 Å². The summed E-state index contributed by atoms with van der Waals surface area (Å²) >= 11 is 0. The molecule has 1 aromatic rings. The Balaban J connectivity index is 3.19. The van der Waals surface area contributed by atoms with Gasteiger partial charge in [0.25, 0.3) is 0 Å². The highest BCUT2D eigenvalue weighted by atomic mass is 19.1. The van der Waals surface area contributed by atoms with E-state index in [-0.39, 0.29) is 0 Å². The van der Waals surface area contributed by atoms with Crippen LogP contribution < -0.4 is 0 Å². The lowest BCUT2D eigenvalue weighted by molar-refractivity contribution is -0.387. The Kier molecular flexibility index (Phi) is 2.57. The van der Waals surface area contributed by atoms with E-state index in [1.807, 2.05) is 0 Å². The molecule has 70 valence electrons. The van der Waals surface area contributed by atoms with E-state index in [1.54, 1.807) is 0 Å². The summed E-state index contributed by atoms with van der Waals surface area (Å²) in [6.07, 6.45) is -0.834. The van der Waals surface area contributed by atoms with Gasteiger partial charge in [0.15, 0.2) is 0 Å². The third-order valence-electron chi connectivity index (χ3n) is 1.65. The van der Waals surface area contributed by atoms with Crippen LogP contribution in [0.25, 0.3) is 0 Å². The molecule has 0 saturated carbocycles. The zero-order valence-electron chi connectivity index (χ0n) is 6.90. The summed E-state index contributed by atoms with van der Waals surface area (Å²) in [6.45, 7) is 1.46. The Hall–Kier alpha value is -1.49. The first-order valence-electron chi connectivity index (χ1n) is 3.64. The van der Waals surface area contributed by atoms with Gasteiger partial charge in [-0.05, 0) is 18.6 Å². The van der Waals surface area contributed by atoms with E-state index in [2.05, 4.69) is 0 Å². The van der Waals surface area contributed by atoms with Crippen LogP contribution in [0.1, 0.15) is 18.6 Å². The first-order chi connectivity index (χ1) is 6.02. The summed E-state index contributed by atoms with van der Waals surface area (Å²) in [5, 5.41) is 19.4. The van der Waals surface area contributed by atoms with Crippen LogP contribution in [-0.2, 0) is 0 Å². The lowest BCUT2D eigenvalue weighted by atomic mass is 10.1.